The maximum Gasteiger partial charge on any atom is 0.303 e. The molecule has 1 atom stereocenters. The fourth-order valence-corrected chi connectivity index (χ4v) is 6.03. The van der Waals surface area contributed by atoms with Crippen LogP contribution in [0.1, 0.15) is 106 Å². The number of nitrogens with one attached hydrogen (secondary N) is 2. The molecule has 38 heavy (non-hydrogen) atoms. The fourth-order valence-electron chi connectivity index (χ4n) is 5.74. The zero-order valence-electron chi connectivity index (χ0n) is 22.6. The van der Waals surface area contributed by atoms with Gasteiger partial charge in [0.1, 0.15) is 5.76 Å². The van der Waals surface area contributed by atoms with Crippen LogP contribution in [0.4, 0.5) is 5.69 Å². The Balaban J connectivity index is 1.49. The quantitative estimate of drug-likeness (QED) is 0.295. The molecule has 1 aromatic carbocycles. The second-order valence-electron chi connectivity index (χ2n) is 11.7. The first-order valence-corrected chi connectivity index (χ1v) is 13.9. The number of benzene rings is 1. The van der Waals surface area contributed by atoms with E-state index < -0.39 is 11.4 Å². The van der Waals surface area contributed by atoms with Gasteiger partial charge in [-0.1, -0.05) is 36.7 Å². The molecule has 2 aliphatic rings. The van der Waals surface area contributed by atoms with E-state index in [-0.39, 0.29) is 36.5 Å². The Morgan fingerprint density at radius 2 is 1.92 bits per heavy atom. The Morgan fingerprint density at radius 1 is 1.21 bits per heavy atom. The van der Waals surface area contributed by atoms with Gasteiger partial charge in [0, 0.05) is 42.7 Å². The smallest absolute Gasteiger partial charge is 0.303 e. The summed E-state index contributed by atoms with van der Waals surface area (Å²) in [5.41, 5.74) is 2.90. The van der Waals surface area contributed by atoms with E-state index in [9.17, 15) is 19.5 Å². The summed E-state index contributed by atoms with van der Waals surface area (Å²) in [5, 5.41) is 19.9. The van der Waals surface area contributed by atoms with E-state index in [0.717, 1.165) is 54.7 Å². The Hall–Kier alpha value is -2.87. The van der Waals surface area contributed by atoms with Crippen LogP contribution in [0, 0.1) is 18.3 Å². The number of carboxylic acids is 1. The number of hydrogen-bond donors (Lipinski definition) is 3. The van der Waals surface area contributed by atoms with Gasteiger partial charge in [0.2, 0.25) is 11.8 Å². The van der Waals surface area contributed by atoms with Crippen molar-refractivity contribution in [3.8, 4) is 0 Å². The molecule has 0 aliphatic heterocycles. The molecule has 0 spiro atoms. The molecule has 4 rings (SSSR count). The Morgan fingerprint density at radius 3 is 2.53 bits per heavy atom. The summed E-state index contributed by atoms with van der Waals surface area (Å²) >= 11 is 6.30. The highest BCUT2D eigenvalue weighted by Crippen LogP contribution is 2.53. The third-order valence-corrected chi connectivity index (χ3v) is 8.25. The summed E-state index contributed by atoms with van der Waals surface area (Å²) in [7, 11) is 1.67. The largest absolute Gasteiger partial charge is 0.481 e. The maximum atomic E-state index is 13.0. The van der Waals surface area contributed by atoms with Gasteiger partial charge < -0.3 is 20.3 Å². The topological polar surface area (TPSA) is 122 Å². The van der Waals surface area contributed by atoms with Crippen molar-refractivity contribution in [2.45, 2.75) is 89.9 Å². The lowest BCUT2D eigenvalue weighted by Crippen LogP contribution is -2.38. The van der Waals surface area contributed by atoms with Crippen LogP contribution >= 0.6 is 11.6 Å². The molecule has 2 aromatic rings. The highest BCUT2D eigenvalue weighted by atomic mass is 35.5. The van der Waals surface area contributed by atoms with Gasteiger partial charge in [0.25, 0.3) is 0 Å². The average molecular weight is 544 g/mol. The summed E-state index contributed by atoms with van der Waals surface area (Å²) in [6, 6.07) is 5.43. The van der Waals surface area contributed by atoms with Gasteiger partial charge in [-0.15, -0.1) is 0 Å². The van der Waals surface area contributed by atoms with Crippen LogP contribution in [-0.2, 0) is 14.4 Å². The zero-order chi connectivity index (χ0) is 27.6. The van der Waals surface area contributed by atoms with Gasteiger partial charge >= 0.3 is 5.97 Å². The van der Waals surface area contributed by atoms with E-state index in [1.807, 2.05) is 26.8 Å². The minimum absolute atomic E-state index is 0.0491. The summed E-state index contributed by atoms with van der Waals surface area (Å²) in [6.07, 6.45) is 5.08. The van der Waals surface area contributed by atoms with Crippen LogP contribution in [0.25, 0.3) is 0 Å². The van der Waals surface area contributed by atoms with Gasteiger partial charge in [0.15, 0.2) is 0 Å². The van der Waals surface area contributed by atoms with E-state index in [2.05, 4.69) is 15.8 Å². The van der Waals surface area contributed by atoms with Gasteiger partial charge in [-0.25, -0.2) is 0 Å². The third-order valence-electron chi connectivity index (χ3n) is 7.94. The monoisotopic (exact) mass is 543 g/mol. The number of hydrogen-bond acceptors (Lipinski definition) is 5. The molecule has 0 saturated heterocycles. The van der Waals surface area contributed by atoms with Crippen molar-refractivity contribution in [3.63, 3.8) is 0 Å². The molecule has 2 amide bonds. The first-order chi connectivity index (χ1) is 18.0. The van der Waals surface area contributed by atoms with Gasteiger partial charge in [-0.3, -0.25) is 14.4 Å². The highest BCUT2D eigenvalue weighted by Gasteiger charge is 2.43. The predicted molar refractivity (Wildman–Crippen MR) is 145 cm³/mol. The maximum absolute atomic E-state index is 13.0. The number of rotatable bonds is 12. The summed E-state index contributed by atoms with van der Waals surface area (Å²) < 4.78 is 5.94. The lowest BCUT2D eigenvalue weighted by Gasteiger charge is -2.38. The molecule has 2 aliphatic carbocycles. The minimum Gasteiger partial charge on any atom is -0.481 e. The Bertz CT molecular complexity index is 1200. The normalized spacial score (nSPS) is 19.9. The molecule has 3 N–H and O–H groups in total. The average Bonchev–Trinajstić information content (AvgIpc) is 3.58. The SMILES string of the molecule is CNC(=O)C(C)(C)C[C@H]1C[C@@H](c2onc([C@@H](CCC(=O)O)CC(=O)Nc3ccc(C)cc3Cl)c2C2CC2)C1. The Kier molecular flexibility index (Phi) is 8.50. The van der Waals surface area contributed by atoms with Crippen molar-refractivity contribution in [1.29, 1.82) is 0 Å². The molecule has 1 heterocycles. The number of aromatic nitrogens is 1. The van der Waals surface area contributed by atoms with E-state index in [1.54, 1.807) is 19.2 Å². The van der Waals surface area contributed by atoms with Crippen molar-refractivity contribution in [1.82, 2.24) is 10.5 Å². The molecule has 1 aromatic heterocycles. The number of carbonyl (C=O) groups is 3. The van der Waals surface area contributed by atoms with Crippen LogP contribution in [0.2, 0.25) is 5.02 Å². The van der Waals surface area contributed by atoms with E-state index >= 15 is 0 Å². The third kappa shape index (κ3) is 6.57. The molecule has 206 valence electrons. The second-order valence-corrected chi connectivity index (χ2v) is 12.1. The number of halogens is 1. The summed E-state index contributed by atoms with van der Waals surface area (Å²) in [5.74, 6) is 0.429. The Labute approximate surface area is 228 Å². The van der Waals surface area contributed by atoms with Crippen LogP contribution < -0.4 is 10.6 Å². The van der Waals surface area contributed by atoms with Crippen molar-refractivity contribution < 1.29 is 24.0 Å². The summed E-state index contributed by atoms with van der Waals surface area (Å²) in [6.45, 7) is 5.88. The zero-order valence-corrected chi connectivity index (χ0v) is 23.4. The van der Waals surface area contributed by atoms with Crippen LogP contribution in [-0.4, -0.2) is 35.1 Å². The van der Waals surface area contributed by atoms with Crippen LogP contribution in [0.5, 0.6) is 0 Å². The fraction of sp³-hybridized carbons (Fsp3) is 0.586. The summed E-state index contributed by atoms with van der Waals surface area (Å²) in [4.78, 5) is 36.7. The van der Waals surface area contributed by atoms with Crippen molar-refractivity contribution >= 4 is 35.1 Å². The molecule has 0 unspecified atom stereocenters. The van der Waals surface area contributed by atoms with Gasteiger partial charge in [-0.05, 0) is 75.0 Å². The molecule has 0 bridgehead atoms. The molecular weight excluding hydrogens is 506 g/mol. The standard InChI is InChI=1S/C29H38ClN3O5/c1-16-5-9-22(21(30)11-16)32-23(34)14-19(8-10-24(35)36)26-25(18-6-7-18)27(38-33-26)20-12-17(13-20)15-29(2,3)28(37)31-4/h5,9,11,17-20H,6-8,10,12-15H2,1-4H3,(H,31,37)(H,32,34)(H,35,36)/t17-,19-,20+/m0/s1. The first kappa shape index (κ1) is 28.1. The number of aryl methyl sites for hydroxylation is 1. The number of amides is 2. The second kappa shape index (κ2) is 11.5. The number of anilines is 1. The van der Waals surface area contributed by atoms with Gasteiger partial charge in [0.05, 0.1) is 16.4 Å². The van der Waals surface area contributed by atoms with Crippen molar-refractivity contribution in [2.24, 2.45) is 11.3 Å². The molecule has 8 nitrogen and oxygen atoms in total. The molecule has 9 heteroatoms. The molecular formula is C29H38ClN3O5. The molecule has 2 fully saturated rings. The number of nitrogens with zero attached hydrogens (tertiary/aromatic N) is 1. The minimum atomic E-state index is -0.908. The number of aliphatic carboxylic acids is 1. The lowest BCUT2D eigenvalue weighted by atomic mass is 9.66. The predicted octanol–water partition coefficient (Wildman–Crippen LogP) is 6.15. The number of carboxylic acid groups (broad SMARTS) is 1. The number of carbonyl (C=O) groups excluding carboxylic acids is 2. The molecule has 2 saturated carbocycles. The van der Waals surface area contributed by atoms with E-state index in [0.29, 0.717) is 29.0 Å². The van der Waals surface area contributed by atoms with Crippen LogP contribution in [0.3, 0.4) is 0 Å². The van der Waals surface area contributed by atoms with Crippen molar-refractivity contribution in [2.75, 3.05) is 12.4 Å². The highest BCUT2D eigenvalue weighted by molar-refractivity contribution is 6.33. The lowest BCUT2D eigenvalue weighted by molar-refractivity contribution is -0.137. The first-order valence-electron chi connectivity index (χ1n) is 13.5. The van der Waals surface area contributed by atoms with E-state index in [4.69, 9.17) is 16.1 Å². The van der Waals surface area contributed by atoms with Crippen molar-refractivity contribution in [3.05, 3.63) is 45.8 Å². The van der Waals surface area contributed by atoms with Gasteiger partial charge in [-0.2, -0.15) is 0 Å². The van der Waals surface area contributed by atoms with Crippen LogP contribution in [0.15, 0.2) is 22.7 Å². The molecule has 0 radical (unpaired) electrons. The van der Waals surface area contributed by atoms with E-state index in [1.165, 1.54) is 0 Å².